The maximum atomic E-state index is 12.3. The second-order valence-electron chi connectivity index (χ2n) is 5.07. The number of carbonyl (C=O) groups is 1. The molecule has 2 aromatic carbocycles. The van der Waals surface area contributed by atoms with Crippen molar-refractivity contribution < 1.29 is 9.53 Å². The molecule has 1 heterocycles. The molecule has 0 saturated carbocycles. The van der Waals surface area contributed by atoms with Crippen molar-refractivity contribution in [2.24, 2.45) is 0 Å². The highest BCUT2D eigenvalue weighted by Crippen LogP contribution is 2.33. The molecule has 0 saturated heterocycles. The third-order valence-corrected chi connectivity index (χ3v) is 3.57. The summed E-state index contributed by atoms with van der Waals surface area (Å²) in [6.07, 6.45) is 1.75. The van der Waals surface area contributed by atoms with Crippen molar-refractivity contribution in [3.63, 3.8) is 0 Å². The SMILES string of the molecule is CN(C)c1ccc(/C=C2\Oc3ccc(Cl)cc3C2=O)cc1. The minimum atomic E-state index is -0.135. The Kier molecular flexibility index (Phi) is 3.43. The van der Waals surface area contributed by atoms with Crippen molar-refractivity contribution in [1.82, 2.24) is 0 Å². The van der Waals surface area contributed by atoms with Crippen LogP contribution in [0.25, 0.3) is 6.08 Å². The summed E-state index contributed by atoms with van der Waals surface area (Å²) in [5.74, 6) is 0.745. The van der Waals surface area contributed by atoms with Crippen LogP contribution in [0, 0.1) is 0 Å². The van der Waals surface area contributed by atoms with Crippen LogP contribution in [0.15, 0.2) is 48.2 Å². The molecule has 0 atom stereocenters. The Morgan fingerprint density at radius 2 is 1.81 bits per heavy atom. The molecule has 2 aromatic rings. The minimum absolute atomic E-state index is 0.135. The van der Waals surface area contributed by atoms with Gasteiger partial charge in [0.2, 0.25) is 5.78 Å². The molecular weight excluding hydrogens is 286 g/mol. The number of ketones is 1. The fraction of sp³-hybridized carbons (Fsp3) is 0.118. The van der Waals surface area contributed by atoms with Gasteiger partial charge in [0, 0.05) is 24.8 Å². The number of Topliss-reactive ketones (excluding diaryl/α,β-unsaturated/α-hetero) is 1. The van der Waals surface area contributed by atoms with Gasteiger partial charge in [0.05, 0.1) is 5.56 Å². The Morgan fingerprint density at radius 1 is 1.10 bits per heavy atom. The van der Waals surface area contributed by atoms with E-state index in [1.165, 1.54) is 0 Å². The predicted molar refractivity (Wildman–Crippen MR) is 85.2 cm³/mol. The fourth-order valence-corrected chi connectivity index (χ4v) is 2.35. The summed E-state index contributed by atoms with van der Waals surface area (Å²) in [5, 5.41) is 0.530. The van der Waals surface area contributed by atoms with Crippen molar-refractivity contribution in [2.45, 2.75) is 0 Å². The van der Waals surface area contributed by atoms with E-state index in [0.29, 0.717) is 22.1 Å². The van der Waals surface area contributed by atoms with Crippen LogP contribution in [-0.4, -0.2) is 19.9 Å². The van der Waals surface area contributed by atoms with Gasteiger partial charge < -0.3 is 9.64 Å². The third kappa shape index (κ3) is 2.65. The Labute approximate surface area is 128 Å². The number of halogens is 1. The van der Waals surface area contributed by atoms with Gasteiger partial charge >= 0.3 is 0 Å². The molecular formula is C17H14ClNO2. The van der Waals surface area contributed by atoms with E-state index in [1.807, 2.05) is 43.3 Å². The molecule has 1 aliphatic heterocycles. The smallest absolute Gasteiger partial charge is 0.232 e. The van der Waals surface area contributed by atoms with Gasteiger partial charge in [0.1, 0.15) is 5.75 Å². The van der Waals surface area contributed by atoms with Crippen molar-refractivity contribution in [2.75, 3.05) is 19.0 Å². The second kappa shape index (κ2) is 5.26. The number of carbonyl (C=O) groups excluding carboxylic acids is 1. The lowest BCUT2D eigenvalue weighted by Gasteiger charge is -2.11. The first-order valence-corrected chi connectivity index (χ1v) is 6.93. The molecule has 0 aromatic heterocycles. The summed E-state index contributed by atoms with van der Waals surface area (Å²) in [7, 11) is 3.97. The maximum absolute atomic E-state index is 12.3. The van der Waals surface area contributed by atoms with Crippen molar-refractivity contribution >= 4 is 29.1 Å². The van der Waals surface area contributed by atoms with Gasteiger partial charge in [-0.2, -0.15) is 0 Å². The number of fused-ring (bicyclic) bond motifs is 1. The normalized spacial score (nSPS) is 15.0. The second-order valence-corrected chi connectivity index (χ2v) is 5.50. The molecule has 0 aliphatic carbocycles. The highest BCUT2D eigenvalue weighted by atomic mass is 35.5. The zero-order chi connectivity index (χ0) is 15.0. The Balaban J connectivity index is 1.90. The first-order valence-electron chi connectivity index (χ1n) is 6.56. The average Bonchev–Trinajstić information content (AvgIpc) is 2.76. The molecule has 0 bridgehead atoms. The van der Waals surface area contributed by atoms with E-state index in [1.54, 1.807) is 24.3 Å². The lowest BCUT2D eigenvalue weighted by molar-refractivity contribution is 0.101. The summed E-state index contributed by atoms with van der Waals surface area (Å²) in [5.41, 5.74) is 2.53. The molecule has 3 nitrogen and oxygen atoms in total. The molecule has 4 heteroatoms. The van der Waals surface area contributed by atoms with Gasteiger partial charge in [-0.15, -0.1) is 0 Å². The van der Waals surface area contributed by atoms with Gasteiger partial charge in [-0.3, -0.25) is 4.79 Å². The van der Waals surface area contributed by atoms with Crippen LogP contribution >= 0.6 is 11.6 Å². The third-order valence-electron chi connectivity index (χ3n) is 3.34. The number of benzene rings is 2. The molecule has 106 valence electrons. The van der Waals surface area contributed by atoms with Crippen molar-refractivity contribution in [1.29, 1.82) is 0 Å². The monoisotopic (exact) mass is 299 g/mol. The molecule has 0 radical (unpaired) electrons. The number of ether oxygens (including phenoxy) is 1. The van der Waals surface area contributed by atoms with Crippen LogP contribution < -0.4 is 9.64 Å². The summed E-state index contributed by atoms with van der Waals surface area (Å²) < 4.78 is 5.60. The van der Waals surface area contributed by atoms with Gasteiger partial charge in [-0.05, 0) is 42.0 Å². The van der Waals surface area contributed by atoms with E-state index in [9.17, 15) is 4.79 Å². The largest absolute Gasteiger partial charge is 0.452 e. The summed E-state index contributed by atoms with van der Waals surface area (Å²) >= 11 is 5.91. The predicted octanol–water partition coefficient (Wildman–Crippen LogP) is 4.02. The zero-order valence-electron chi connectivity index (χ0n) is 11.8. The van der Waals surface area contributed by atoms with Crippen LogP contribution in [0.1, 0.15) is 15.9 Å². The molecule has 0 fully saturated rings. The first-order chi connectivity index (χ1) is 10.0. The molecule has 1 aliphatic rings. The van der Waals surface area contributed by atoms with Crippen molar-refractivity contribution in [3.05, 3.63) is 64.4 Å². The number of allylic oxidation sites excluding steroid dienone is 1. The van der Waals surface area contributed by atoms with E-state index in [2.05, 4.69) is 0 Å². The standard InChI is InChI=1S/C17H14ClNO2/c1-19(2)13-6-3-11(4-7-13)9-16-17(20)14-10-12(18)5-8-15(14)21-16/h3-10H,1-2H3/b16-9-. The van der Waals surface area contributed by atoms with Crippen molar-refractivity contribution in [3.8, 4) is 5.75 Å². The highest BCUT2D eigenvalue weighted by molar-refractivity contribution is 6.31. The molecule has 0 unspecified atom stereocenters. The van der Waals surface area contributed by atoms with E-state index >= 15 is 0 Å². The lowest BCUT2D eigenvalue weighted by Crippen LogP contribution is -2.08. The first kappa shape index (κ1) is 13.7. The summed E-state index contributed by atoms with van der Waals surface area (Å²) in [6.45, 7) is 0. The van der Waals surface area contributed by atoms with Crippen LogP contribution in [0.2, 0.25) is 5.02 Å². The van der Waals surface area contributed by atoms with Crippen LogP contribution in [0.3, 0.4) is 0 Å². The quantitative estimate of drug-likeness (QED) is 0.784. The van der Waals surface area contributed by atoms with Crippen LogP contribution in [0.4, 0.5) is 5.69 Å². The van der Waals surface area contributed by atoms with Crippen LogP contribution in [0.5, 0.6) is 5.75 Å². The van der Waals surface area contributed by atoms with E-state index in [0.717, 1.165) is 11.3 Å². The summed E-state index contributed by atoms with van der Waals surface area (Å²) in [6, 6.07) is 13.0. The fourth-order valence-electron chi connectivity index (χ4n) is 2.18. The van der Waals surface area contributed by atoms with Gasteiger partial charge in [-0.25, -0.2) is 0 Å². The van der Waals surface area contributed by atoms with E-state index in [4.69, 9.17) is 16.3 Å². The maximum Gasteiger partial charge on any atom is 0.232 e. The zero-order valence-corrected chi connectivity index (χ0v) is 12.5. The van der Waals surface area contributed by atoms with Gasteiger partial charge in [0.15, 0.2) is 5.76 Å². The van der Waals surface area contributed by atoms with Gasteiger partial charge in [0.25, 0.3) is 0 Å². The molecule has 0 N–H and O–H groups in total. The number of nitrogens with zero attached hydrogens (tertiary/aromatic N) is 1. The number of hydrogen-bond donors (Lipinski definition) is 0. The number of hydrogen-bond acceptors (Lipinski definition) is 3. The lowest BCUT2D eigenvalue weighted by atomic mass is 10.1. The molecule has 3 rings (SSSR count). The van der Waals surface area contributed by atoms with E-state index in [-0.39, 0.29) is 5.78 Å². The van der Waals surface area contributed by atoms with E-state index < -0.39 is 0 Å². The number of rotatable bonds is 2. The topological polar surface area (TPSA) is 29.5 Å². The Hall–Kier alpha value is -2.26. The minimum Gasteiger partial charge on any atom is -0.452 e. The Morgan fingerprint density at radius 3 is 2.48 bits per heavy atom. The van der Waals surface area contributed by atoms with Crippen LogP contribution in [-0.2, 0) is 0 Å². The molecule has 0 amide bonds. The average molecular weight is 300 g/mol. The Bertz CT molecular complexity index is 733. The van der Waals surface area contributed by atoms with Gasteiger partial charge in [-0.1, -0.05) is 23.7 Å². The highest BCUT2D eigenvalue weighted by Gasteiger charge is 2.27. The number of anilines is 1. The molecule has 21 heavy (non-hydrogen) atoms. The summed E-state index contributed by atoms with van der Waals surface area (Å²) in [4.78, 5) is 14.3. The molecule has 0 spiro atoms.